The second-order valence-corrected chi connectivity index (χ2v) is 5.43. The third-order valence-corrected chi connectivity index (χ3v) is 3.85. The molecule has 0 radical (unpaired) electrons. The molecule has 1 N–H and O–H groups in total. The number of nitrogens with zero attached hydrogens (tertiary/aromatic N) is 1. The molecule has 4 heteroatoms. The Hall–Kier alpha value is -1.84. The van der Waals surface area contributed by atoms with Gasteiger partial charge in [0.15, 0.2) is 0 Å². The van der Waals surface area contributed by atoms with E-state index in [1.807, 2.05) is 11.8 Å². The summed E-state index contributed by atoms with van der Waals surface area (Å²) in [4.78, 5) is 25.3. The molecule has 20 heavy (non-hydrogen) atoms. The van der Waals surface area contributed by atoms with Crippen molar-refractivity contribution in [3.8, 4) is 0 Å². The van der Waals surface area contributed by atoms with Gasteiger partial charge in [-0.05, 0) is 43.0 Å². The van der Waals surface area contributed by atoms with Gasteiger partial charge in [0.25, 0.3) is 0 Å². The van der Waals surface area contributed by atoms with Crippen LogP contribution >= 0.6 is 0 Å². The fourth-order valence-corrected chi connectivity index (χ4v) is 2.78. The molecule has 1 aliphatic rings. The zero-order chi connectivity index (χ0) is 14.7. The number of carboxylic acids is 1. The van der Waals surface area contributed by atoms with Crippen molar-refractivity contribution >= 4 is 17.6 Å². The van der Waals surface area contributed by atoms with Crippen LogP contribution in [0.15, 0.2) is 18.2 Å². The van der Waals surface area contributed by atoms with E-state index in [9.17, 15) is 9.59 Å². The van der Waals surface area contributed by atoms with Crippen LogP contribution in [0.5, 0.6) is 0 Å². The van der Waals surface area contributed by atoms with Gasteiger partial charge < -0.3 is 10.0 Å². The maximum Gasteiger partial charge on any atom is 0.335 e. The lowest BCUT2D eigenvalue weighted by molar-refractivity contribution is -0.122. The van der Waals surface area contributed by atoms with Crippen molar-refractivity contribution in [1.29, 1.82) is 0 Å². The van der Waals surface area contributed by atoms with Gasteiger partial charge in [-0.1, -0.05) is 20.3 Å². The average Bonchev–Trinajstić information content (AvgIpc) is 2.45. The molecule has 0 saturated heterocycles. The Balaban J connectivity index is 2.28. The Kier molecular flexibility index (Phi) is 4.42. The molecule has 1 atom stereocenters. The summed E-state index contributed by atoms with van der Waals surface area (Å²) in [6.45, 7) is 4.77. The molecule has 1 unspecified atom stereocenters. The van der Waals surface area contributed by atoms with Crippen LogP contribution in [0.25, 0.3) is 0 Å². The Morgan fingerprint density at radius 3 is 2.80 bits per heavy atom. The van der Waals surface area contributed by atoms with E-state index in [1.165, 1.54) is 0 Å². The van der Waals surface area contributed by atoms with Crippen LogP contribution in [0.4, 0.5) is 5.69 Å². The van der Waals surface area contributed by atoms with Crippen molar-refractivity contribution in [2.45, 2.75) is 39.5 Å². The molecular formula is C16H21NO3. The molecule has 1 aliphatic heterocycles. The number of hydrogen-bond donors (Lipinski definition) is 1. The molecule has 1 aromatic carbocycles. The van der Waals surface area contributed by atoms with Crippen LogP contribution in [0.3, 0.4) is 0 Å². The summed E-state index contributed by atoms with van der Waals surface area (Å²) in [6.07, 6.45) is 3.60. The van der Waals surface area contributed by atoms with Gasteiger partial charge in [-0.25, -0.2) is 4.79 Å². The van der Waals surface area contributed by atoms with E-state index >= 15 is 0 Å². The van der Waals surface area contributed by atoms with Gasteiger partial charge in [-0.3, -0.25) is 4.79 Å². The van der Waals surface area contributed by atoms with Gasteiger partial charge in [-0.15, -0.1) is 0 Å². The molecule has 0 bridgehead atoms. The fourth-order valence-electron chi connectivity index (χ4n) is 2.78. The Morgan fingerprint density at radius 1 is 1.40 bits per heavy atom. The lowest BCUT2D eigenvalue weighted by atomic mass is 9.96. The monoisotopic (exact) mass is 275 g/mol. The first-order chi connectivity index (χ1) is 9.54. The number of anilines is 1. The molecule has 1 aromatic rings. The minimum absolute atomic E-state index is 0.0186. The van der Waals surface area contributed by atoms with E-state index in [2.05, 4.69) is 6.92 Å². The van der Waals surface area contributed by atoms with Gasteiger partial charge in [0, 0.05) is 18.2 Å². The van der Waals surface area contributed by atoms with Gasteiger partial charge in [-0.2, -0.15) is 0 Å². The maximum absolute atomic E-state index is 12.5. The molecule has 1 amide bonds. The zero-order valence-electron chi connectivity index (χ0n) is 12.1. The van der Waals surface area contributed by atoms with E-state index in [0.29, 0.717) is 5.56 Å². The second kappa shape index (κ2) is 6.07. The lowest BCUT2D eigenvalue weighted by Crippen LogP contribution is -2.39. The van der Waals surface area contributed by atoms with Crippen LogP contribution in [0.1, 0.15) is 49.0 Å². The van der Waals surface area contributed by atoms with Crippen LogP contribution in [0.2, 0.25) is 0 Å². The SMILES string of the molecule is CCCC(C)C(=O)N1CCCc2cc(C(=O)O)ccc21. The highest BCUT2D eigenvalue weighted by molar-refractivity contribution is 5.97. The number of fused-ring (bicyclic) bond motifs is 1. The molecule has 0 fully saturated rings. The van der Waals surface area contributed by atoms with Crippen LogP contribution < -0.4 is 4.90 Å². The molecule has 0 spiro atoms. The van der Waals surface area contributed by atoms with Gasteiger partial charge >= 0.3 is 5.97 Å². The highest BCUT2D eigenvalue weighted by Crippen LogP contribution is 2.29. The summed E-state index contributed by atoms with van der Waals surface area (Å²) in [5.41, 5.74) is 2.14. The first-order valence-corrected chi connectivity index (χ1v) is 7.22. The first kappa shape index (κ1) is 14.6. The number of benzene rings is 1. The average molecular weight is 275 g/mol. The number of amides is 1. The minimum atomic E-state index is -0.921. The Bertz CT molecular complexity index is 524. The van der Waals surface area contributed by atoms with Gasteiger partial charge in [0.05, 0.1) is 5.56 Å². The summed E-state index contributed by atoms with van der Waals surface area (Å²) in [5.74, 6) is -0.753. The first-order valence-electron chi connectivity index (χ1n) is 7.22. The number of carbonyl (C=O) groups excluding carboxylic acids is 1. The highest BCUT2D eigenvalue weighted by Gasteiger charge is 2.26. The molecule has 0 aromatic heterocycles. The minimum Gasteiger partial charge on any atom is -0.478 e. The predicted octanol–water partition coefficient (Wildman–Crippen LogP) is 3.10. The molecule has 2 rings (SSSR count). The number of rotatable bonds is 4. The number of hydrogen-bond acceptors (Lipinski definition) is 2. The van der Waals surface area contributed by atoms with E-state index in [0.717, 1.165) is 43.5 Å². The van der Waals surface area contributed by atoms with Crippen LogP contribution in [-0.2, 0) is 11.2 Å². The van der Waals surface area contributed by atoms with Crippen molar-refractivity contribution in [2.24, 2.45) is 5.92 Å². The summed E-state index contributed by atoms with van der Waals surface area (Å²) >= 11 is 0. The Morgan fingerprint density at radius 2 is 2.15 bits per heavy atom. The molecule has 108 valence electrons. The van der Waals surface area contributed by atoms with Crippen molar-refractivity contribution in [1.82, 2.24) is 0 Å². The molecule has 1 heterocycles. The molecule has 0 aliphatic carbocycles. The van der Waals surface area contributed by atoms with Crippen molar-refractivity contribution in [2.75, 3.05) is 11.4 Å². The predicted molar refractivity (Wildman–Crippen MR) is 78.1 cm³/mol. The van der Waals surface area contributed by atoms with E-state index in [4.69, 9.17) is 5.11 Å². The number of aromatic carboxylic acids is 1. The number of carboxylic acid groups (broad SMARTS) is 1. The van der Waals surface area contributed by atoms with Gasteiger partial charge in [0.2, 0.25) is 5.91 Å². The maximum atomic E-state index is 12.5. The number of aryl methyl sites for hydroxylation is 1. The summed E-state index contributed by atoms with van der Waals surface area (Å²) < 4.78 is 0. The summed E-state index contributed by atoms with van der Waals surface area (Å²) in [6, 6.07) is 5.05. The third-order valence-electron chi connectivity index (χ3n) is 3.85. The van der Waals surface area contributed by atoms with E-state index in [1.54, 1.807) is 18.2 Å². The number of carbonyl (C=O) groups is 2. The molecule has 0 saturated carbocycles. The lowest BCUT2D eigenvalue weighted by Gasteiger charge is -2.31. The highest BCUT2D eigenvalue weighted by atomic mass is 16.4. The van der Waals surface area contributed by atoms with Crippen molar-refractivity contribution in [3.05, 3.63) is 29.3 Å². The summed E-state index contributed by atoms with van der Waals surface area (Å²) in [7, 11) is 0. The third kappa shape index (κ3) is 2.84. The van der Waals surface area contributed by atoms with E-state index in [-0.39, 0.29) is 11.8 Å². The largest absolute Gasteiger partial charge is 0.478 e. The normalized spacial score (nSPS) is 15.6. The fraction of sp³-hybridized carbons (Fsp3) is 0.500. The standard InChI is InChI=1S/C16H21NO3/c1-3-5-11(2)15(18)17-9-4-6-12-10-13(16(19)20)7-8-14(12)17/h7-8,10-11H,3-6,9H2,1-2H3,(H,19,20). The van der Waals surface area contributed by atoms with Crippen molar-refractivity contribution < 1.29 is 14.7 Å². The van der Waals surface area contributed by atoms with Crippen molar-refractivity contribution in [3.63, 3.8) is 0 Å². The Labute approximate surface area is 119 Å². The van der Waals surface area contributed by atoms with Crippen LogP contribution in [-0.4, -0.2) is 23.5 Å². The zero-order valence-corrected chi connectivity index (χ0v) is 12.1. The summed E-state index contributed by atoms with van der Waals surface area (Å²) in [5, 5.41) is 9.04. The molecular weight excluding hydrogens is 254 g/mol. The topological polar surface area (TPSA) is 57.6 Å². The van der Waals surface area contributed by atoms with Crippen LogP contribution in [0, 0.1) is 5.92 Å². The quantitative estimate of drug-likeness (QED) is 0.918. The van der Waals surface area contributed by atoms with Gasteiger partial charge in [0.1, 0.15) is 0 Å². The second-order valence-electron chi connectivity index (χ2n) is 5.43. The smallest absolute Gasteiger partial charge is 0.335 e. The van der Waals surface area contributed by atoms with E-state index < -0.39 is 5.97 Å². The molecule has 4 nitrogen and oxygen atoms in total.